The van der Waals surface area contributed by atoms with E-state index in [0.717, 1.165) is 44.5 Å². The summed E-state index contributed by atoms with van der Waals surface area (Å²) in [6.45, 7) is 6.23. The number of pyridine rings is 2. The van der Waals surface area contributed by atoms with Crippen molar-refractivity contribution in [2.24, 2.45) is 0 Å². The number of hydrogen-bond donors (Lipinski definition) is 0. The fraction of sp³-hybridized carbons (Fsp3) is 0.0968. The number of aromatic nitrogens is 2. The Bertz CT molecular complexity index is 1590. The van der Waals surface area contributed by atoms with Crippen LogP contribution in [0.5, 0.6) is 0 Å². The Hall–Kier alpha value is -3.59. The van der Waals surface area contributed by atoms with Crippen molar-refractivity contribution < 1.29 is 24.5 Å². The SMILES string of the molecule is Cc1ccnc(-c2[c-]ccc3c2oc2ccccc23)c1.Cc1cnc(-c2[c-]cccc2)cc1C.[Ir]. The molecular formula is C31H24IrN2O-2. The Morgan fingerprint density at radius 2 is 1.54 bits per heavy atom. The van der Waals surface area contributed by atoms with Gasteiger partial charge in [-0.25, -0.2) is 0 Å². The first kappa shape index (κ1) is 24.5. The first-order valence-electron chi connectivity index (χ1n) is 11.3. The molecule has 3 nitrogen and oxygen atoms in total. The predicted octanol–water partition coefficient (Wildman–Crippen LogP) is 7.92. The van der Waals surface area contributed by atoms with Gasteiger partial charge in [-0.3, -0.25) is 0 Å². The molecule has 0 aliphatic carbocycles. The van der Waals surface area contributed by atoms with Gasteiger partial charge >= 0.3 is 0 Å². The fourth-order valence-corrected chi connectivity index (χ4v) is 3.88. The van der Waals surface area contributed by atoms with Gasteiger partial charge in [0.25, 0.3) is 0 Å². The van der Waals surface area contributed by atoms with Gasteiger partial charge in [0.1, 0.15) is 5.58 Å². The maximum Gasteiger partial charge on any atom is 0.120 e. The summed E-state index contributed by atoms with van der Waals surface area (Å²) < 4.78 is 6.01. The molecule has 0 spiro atoms. The third-order valence-electron chi connectivity index (χ3n) is 5.87. The molecule has 0 saturated heterocycles. The van der Waals surface area contributed by atoms with Crippen molar-refractivity contribution in [2.45, 2.75) is 20.8 Å². The molecule has 0 aliphatic rings. The summed E-state index contributed by atoms with van der Waals surface area (Å²) >= 11 is 0. The van der Waals surface area contributed by atoms with Crippen LogP contribution in [-0.4, -0.2) is 9.97 Å². The fourth-order valence-electron chi connectivity index (χ4n) is 3.88. The minimum absolute atomic E-state index is 0. The molecule has 6 aromatic rings. The zero-order chi connectivity index (χ0) is 23.5. The molecule has 0 N–H and O–H groups in total. The number of benzene rings is 3. The summed E-state index contributed by atoms with van der Waals surface area (Å²) in [6, 6.07) is 32.5. The number of nitrogens with zero attached hydrogens (tertiary/aromatic N) is 2. The number of para-hydroxylation sites is 1. The van der Waals surface area contributed by atoms with Gasteiger partial charge in [0.05, 0.1) is 5.58 Å². The molecular weight excluding hydrogens is 609 g/mol. The molecule has 3 aromatic carbocycles. The van der Waals surface area contributed by atoms with Gasteiger partial charge in [0, 0.05) is 37.9 Å². The van der Waals surface area contributed by atoms with Crippen molar-refractivity contribution in [1.82, 2.24) is 9.97 Å². The van der Waals surface area contributed by atoms with Crippen molar-refractivity contribution >= 4 is 21.9 Å². The normalized spacial score (nSPS) is 10.5. The van der Waals surface area contributed by atoms with Crippen molar-refractivity contribution in [2.75, 3.05) is 0 Å². The van der Waals surface area contributed by atoms with Crippen LogP contribution in [-0.2, 0) is 20.1 Å². The van der Waals surface area contributed by atoms with Crippen LogP contribution in [0, 0.1) is 32.9 Å². The Labute approximate surface area is 219 Å². The number of fused-ring (bicyclic) bond motifs is 3. The average molecular weight is 633 g/mol. The van der Waals surface area contributed by atoms with Crippen molar-refractivity contribution in [1.29, 1.82) is 0 Å². The van der Waals surface area contributed by atoms with Gasteiger partial charge in [-0.05, 0) is 49.9 Å². The Morgan fingerprint density at radius 3 is 2.31 bits per heavy atom. The van der Waals surface area contributed by atoms with Gasteiger partial charge in [-0.2, -0.15) is 0 Å². The molecule has 175 valence electrons. The first-order chi connectivity index (χ1) is 16.6. The van der Waals surface area contributed by atoms with Gasteiger partial charge < -0.3 is 14.4 Å². The van der Waals surface area contributed by atoms with Crippen LogP contribution < -0.4 is 0 Å². The molecule has 0 saturated carbocycles. The quantitative estimate of drug-likeness (QED) is 0.182. The van der Waals surface area contributed by atoms with Crippen LogP contribution in [0.15, 0.2) is 95.7 Å². The van der Waals surface area contributed by atoms with Gasteiger partial charge in [0.2, 0.25) is 0 Å². The number of rotatable bonds is 2. The molecule has 0 amide bonds. The molecule has 35 heavy (non-hydrogen) atoms. The maximum absolute atomic E-state index is 6.01. The molecule has 0 atom stereocenters. The molecule has 4 heteroatoms. The van der Waals surface area contributed by atoms with Crippen LogP contribution in [0.2, 0.25) is 0 Å². The van der Waals surface area contributed by atoms with Gasteiger partial charge in [-0.1, -0.05) is 52.4 Å². The summed E-state index contributed by atoms with van der Waals surface area (Å²) in [7, 11) is 0. The second-order valence-corrected chi connectivity index (χ2v) is 8.34. The minimum atomic E-state index is 0. The van der Waals surface area contributed by atoms with Crippen molar-refractivity contribution in [3.05, 3.63) is 120 Å². The second kappa shape index (κ2) is 10.8. The van der Waals surface area contributed by atoms with Gasteiger partial charge in [0.15, 0.2) is 0 Å². The van der Waals surface area contributed by atoms with Crippen molar-refractivity contribution in [3.63, 3.8) is 0 Å². The third-order valence-corrected chi connectivity index (χ3v) is 5.87. The van der Waals surface area contributed by atoms with E-state index in [-0.39, 0.29) is 20.1 Å². The maximum atomic E-state index is 6.01. The molecule has 3 heterocycles. The first-order valence-corrected chi connectivity index (χ1v) is 11.3. The average Bonchev–Trinajstić information content (AvgIpc) is 3.26. The monoisotopic (exact) mass is 633 g/mol. The summed E-state index contributed by atoms with van der Waals surface area (Å²) in [5.41, 5.74) is 9.29. The molecule has 3 aromatic heterocycles. The summed E-state index contributed by atoms with van der Waals surface area (Å²) in [5.74, 6) is 0. The molecule has 6 rings (SSSR count). The van der Waals surface area contributed by atoms with Crippen molar-refractivity contribution in [3.8, 4) is 22.5 Å². The van der Waals surface area contributed by atoms with Crippen LogP contribution in [0.1, 0.15) is 16.7 Å². The summed E-state index contributed by atoms with van der Waals surface area (Å²) in [6.07, 6.45) is 3.73. The Morgan fingerprint density at radius 1 is 0.714 bits per heavy atom. The van der Waals surface area contributed by atoms with Crippen LogP contribution in [0.25, 0.3) is 44.5 Å². The van der Waals surface area contributed by atoms with E-state index in [1.165, 1.54) is 16.7 Å². The van der Waals surface area contributed by atoms with E-state index >= 15 is 0 Å². The van der Waals surface area contributed by atoms with E-state index in [9.17, 15) is 0 Å². The zero-order valence-corrected chi connectivity index (χ0v) is 22.2. The van der Waals surface area contributed by atoms with Gasteiger partial charge in [-0.15, -0.1) is 54.1 Å². The summed E-state index contributed by atoms with van der Waals surface area (Å²) in [4.78, 5) is 8.82. The third kappa shape index (κ3) is 5.24. The van der Waals surface area contributed by atoms with Crippen LogP contribution in [0.3, 0.4) is 0 Å². The second-order valence-electron chi connectivity index (χ2n) is 8.34. The number of furan rings is 1. The van der Waals surface area contributed by atoms with E-state index in [4.69, 9.17) is 4.42 Å². The number of aryl methyl sites for hydroxylation is 3. The standard InChI is InChI=1S/C18H12NO.C13H12N.Ir/c1-12-9-10-19-16(11-12)15-7-4-6-14-13-5-2-3-8-17(13)20-18(14)15;1-10-8-13(14-9-11(10)2)12-6-4-3-5-7-12;/h2-6,8-11H,1H3;3-6,8-9H,1-2H3;/q2*-1;. The smallest absolute Gasteiger partial charge is 0.120 e. The Balaban J connectivity index is 0.000000171. The predicted molar refractivity (Wildman–Crippen MR) is 139 cm³/mol. The Kier molecular flexibility index (Phi) is 7.55. The van der Waals surface area contributed by atoms with E-state index in [0.29, 0.717) is 0 Å². The minimum Gasteiger partial charge on any atom is -0.501 e. The van der Waals surface area contributed by atoms with Crippen LogP contribution in [0.4, 0.5) is 0 Å². The van der Waals surface area contributed by atoms with E-state index in [1.807, 2.05) is 73.1 Å². The molecule has 0 aliphatic heterocycles. The molecule has 0 fully saturated rings. The molecule has 1 radical (unpaired) electrons. The molecule has 0 bridgehead atoms. The number of hydrogen-bond acceptors (Lipinski definition) is 3. The van der Waals surface area contributed by atoms with Crippen LogP contribution >= 0.6 is 0 Å². The zero-order valence-electron chi connectivity index (χ0n) is 19.8. The topological polar surface area (TPSA) is 38.9 Å². The van der Waals surface area contributed by atoms with E-state index in [2.05, 4.69) is 61.1 Å². The van der Waals surface area contributed by atoms with E-state index in [1.54, 1.807) is 0 Å². The largest absolute Gasteiger partial charge is 0.501 e. The summed E-state index contributed by atoms with van der Waals surface area (Å²) in [5, 5.41) is 2.24. The molecule has 0 unspecified atom stereocenters. The van der Waals surface area contributed by atoms with E-state index < -0.39 is 0 Å².